The highest BCUT2D eigenvalue weighted by atomic mass is 16.5. The van der Waals surface area contributed by atoms with Crippen molar-refractivity contribution in [3.05, 3.63) is 23.8 Å². The number of hydrogen-bond acceptors (Lipinski definition) is 4. The Bertz CT molecular complexity index is 464. The summed E-state index contributed by atoms with van der Waals surface area (Å²) in [4.78, 5) is 2.63. The van der Waals surface area contributed by atoms with Gasteiger partial charge < -0.3 is 14.8 Å². The number of benzene rings is 1. The molecular weight excluding hydrogens is 252 g/mol. The van der Waals surface area contributed by atoms with Gasteiger partial charge in [-0.1, -0.05) is 0 Å². The maximum absolute atomic E-state index is 5.44. The summed E-state index contributed by atoms with van der Waals surface area (Å²) in [6, 6.07) is 7.34. The van der Waals surface area contributed by atoms with Crippen LogP contribution in [0.25, 0.3) is 0 Å². The van der Waals surface area contributed by atoms with Gasteiger partial charge in [-0.3, -0.25) is 4.90 Å². The molecule has 0 radical (unpaired) electrons. The first-order valence-electron chi connectivity index (χ1n) is 7.50. The molecule has 0 aromatic heterocycles. The van der Waals surface area contributed by atoms with Gasteiger partial charge in [0.1, 0.15) is 11.5 Å². The molecule has 2 heterocycles. The molecule has 0 spiro atoms. The van der Waals surface area contributed by atoms with E-state index in [4.69, 9.17) is 9.47 Å². The van der Waals surface area contributed by atoms with E-state index >= 15 is 0 Å². The summed E-state index contributed by atoms with van der Waals surface area (Å²) >= 11 is 0. The Morgan fingerprint density at radius 1 is 1.20 bits per heavy atom. The highest BCUT2D eigenvalue weighted by Gasteiger charge is 2.36. The highest BCUT2D eigenvalue weighted by Crippen LogP contribution is 2.29. The van der Waals surface area contributed by atoms with Crippen molar-refractivity contribution in [2.24, 2.45) is 0 Å². The molecule has 4 heteroatoms. The quantitative estimate of drug-likeness (QED) is 0.892. The first-order valence-corrected chi connectivity index (χ1v) is 7.50. The van der Waals surface area contributed by atoms with Crippen molar-refractivity contribution in [2.75, 3.05) is 27.3 Å². The molecule has 2 saturated heterocycles. The number of hydrogen-bond donors (Lipinski definition) is 1. The van der Waals surface area contributed by atoms with Gasteiger partial charge in [-0.05, 0) is 44.0 Å². The minimum atomic E-state index is 0.619. The van der Waals surface area contributed by atoms with Gasteiger partial charge in [-0.15, -0.1) is 0 Å². The van der Waals surface area contributed by atoms with Crippen molar-refractivity contribution in [1.82, 2.24) is 10.2 Å². The summed E-state index contributed by atoms with van der Waals surface area (Å²) in [7, 11) is 3.42. The second-order valence-electron chi connectivity index (χ2n) is 5.70. The smallest absolute Gasteiger partial charge is 0.123 e. The lowest BCUT2D eigenvalue weighted by molar-refractivity contribution is 0.298. The fourth-order valence-corrected chi connectivity index (χ4v) is 3.58. The molecule has 2 aliphatic rings. The van der Waals surface area contributed by atoms with Crippen LogP contribution in [0.15, 0.2) is 18.2 Å². The molecular formula is C16H24N2O2. The summed E-state index contributed by atoms with van der Waals surface area (Å²) < 4.78 is 10.7. The zero-order valence-electron chi connectivity index (χ0n) is 12.4. The van der Waals surface area contributed by atoms with Gasteiger partial charge in [-0.25, -0.2) is 0 Å². The predicted molar refractivity (Wildman–Crippen MR) is 79.4 cm³/mol. The summed E-state index contributed by atoms with van der Waals surface area (Å²) in [5, 5.41) is 3.72. The van der Waals surface area contributed by atoms with E-state index in [-0.39, 0.29) is 0 Å². The Balaban J connectivity index is 1.65. The molecule has 2 atom stereocenters. The molecule has 1 aromatic carbocycles. The molecule has 3 rings (SSSR count). The van der Waals surface area contributed by atoms with Gasteiger partial charge in [0.25, 0.3) is 0 Å². The summed E-state index contributed by atoms with van der Waals surface area (Å²) in [5.74, 6) is 1.82. The lowest BCUT2D eigenvalue weighted by Crippen LogP contribution is -2.38. The van der Waals surface area contributed by atoms with Crippen molar-refractivity contribution in [3.63, 3.8) is 0 Å². The second kappa shape index (κ2) is 6.02. The SMILES string of the molecule is COc1ccc(OC)c(CNC2CCN3CCCC23)c1. The fourth-order valence-electron chi connectivity index (χ4n) is 3.58. The van der Waals surface area contributed by atoms with Crippen LogP contribution in [0, 0.1) is 0 Å². The third-order valence-corrected chi connectivity index (χ3v) is 4.65. The molecule has 4 nitrogen and oxygen atoms in total. The zero-order valence-corrected chi connectivity index (χ0v) is 12.4. The van der Waals surface area contributed by atoms with Crippen LogP contribution in [0.1, 0.15) is 24.8 Å². The van der Waals surface area contributed by atoms with Gasteiger partial charge in [-0.2, -0.15) is 0 Å². The average molecular weight is 276 g/mol. The van der Waals surface area contributed by atoms with Crippen molar-refractivity contribution in [3.8, 4) is 11.5 Å². The Kier molecular flexibility index (Phi) is 4.13. The van der Waals surface area contributed by atoms with E-state index < -0.39 is 0 Å². The van der Waals surface area contributed by atoms with Crippen LogP contribution < -0.4 is 14.8 Å². The number of rotatable bonds is 5. The first-order chi connectivity index (χ1) is 9.81. The largest absolute Gasteiger partial charge is 0.497 e. The third-order valence-electron chi connectivity index (χ3n) is 4.65. The Hall–Kier alpha value is -1.26. The minimum absolute atomic E-state index is 0.619. The van der Waals surface area contributed by atoms with Crippen molar-refractivity contribution >= 4 is 0 Å². The topological polar surface area (TPSA) is 33.7 Å². The average Bonchev–Trinajstić information content (AvgIpc) is 3.08. The third kappa shape index (κ3) is 2.63. The molecule has 0 bridgehead atoms. The molecule has 2 unspecified atom stereocenters. The number of nitrogens with zero attached hydrogens (tertiary/aromatic N) is 1. The van der Waals surface area contributed by atoms with Crippen LogP contribution in [0.4, 0.5) is 0 Å². The maximum Gasteiger partial charge on any atom is 0.123 e. The van der Waals surface area contributed by atoms with E-state index in [0.717, 1.165) is 24.1 Å². The van der Waals surface area contributed by atoms with Crippen LogP contribution in [0.5, 0.6) is 11.5 Å². The van der Waals surface area contributed by atoms with Crippen LogP contribution in [-0.4, -0.2) is 44.3 Å². The summed E-state index contributed by atoms with van der Waals surface area (Å²) in [6.07, 6.45) is 3.95. The van der Waals surface area contributed by atoms with E-state index in [2.05, 4.69) is 16.3 Å². The van der Waals surface area contributed by atoms with Crippen molar-refractivity contribution in [2.45, 2.75) is 37.9 Å². The molecule has 0 aliphatic carbocycles. The standard InChI is InChI=1S/C16H24N2O2/c1-19-13-5-6-16(20-2)12(10-13)11-17-14-7-9-18-8-3-4-15(14)18/h5-6,10,14-15,17H,3-4,7-9,11H2,1-2H3. The molecule has 1 aromatic rings. The van der Waals surface area contributed by atoms with Gasteiger partial charge >= 0.3 is 0 Å². The molecule has 2 fully saturated rings. The maximum atomic E-state index is 5.44. The van der Waals surface area contributed by atoms with Crippen molar-refractivity contribution in [1.29, 1.82) is 0 Å². The van der Waals surface area contributed by atoms with Crippen LogP contribution in [0.2, 0.25) is 0 Å². The molecule has 0 amide bonds. The van der Waals surface area contributed by atoms with E-state index in [1.807, 2.05) is 12.1 Å². The molecule has 1 N–H and O–H groups in total. The van der Waals surface area contributed by atoms with Crippen molar-refractivity contribution < 1.29 is 9.47 Å². The summed E-state index contributed by atoms with van der Waals surface area (Å²) in [5.41, 5.74) is 1.17. The number of methoxy groups -OCH3 is 2. The Morgan fingerprint density at radius 3 is 2.90 bits per heavy atom. The van der Waals surface area contributed by atoms with Crippen LogP contribution >= 0.6 is 0 Å². The Labute approximate surface area is 121 Å². The van der Waals surface area contributed by atoms with Gasteiger partial charge in [0.15, 0.2) is 0 Å². The normalized spacial score (nSPS) is 25.7. The lowest BCUT2D eigenvalue weighted by Gasteiger charge is -2.22. The van der Waals surface area contributed by atoms with E-state index in [1.165, 1.54) is 37.9 Å². The van der Waals surface area contributed by atoms with E-state index in [1.54, 1.807) is 14.2 Å². The number of fused-ring (bicyclic) bond motifs is 1. The first kappa shape index (κ1) is 13.7. The minimum Gasteiger partial charge on any atom is -0.497 e. The number of ether oxygens (including phenoxy) is 2. The molecule has 110 valence electrons. The van der Waals surface area contributed by atoms with Gasteiger partial charge in [0, 0.05) is 30.7 Å². The lowest BCUT2D eigenvalue weighted by atomic mass is 10.1. The Morgan fingerprint density at radius 2 is 2.10 bits per heavy atom. The van der Waals surface area contributed by atoms with Gasteiger partial charge in [0.2, 0.25) is 0 Å². The highest BCUT2D eigenvalue weighted by molar-refractivity contribution is 5.40. The molecule has 20 heavy (non-hydrogen) atoms. The van der Waals surface area contributed by atoms with Crippen LogP contribution in [0.3, 0.4) is 0 Å². The van der Waals surface area contributed by atoms with Crippen LogP contribution in [-0.2, 0) is 6.54 Å². The predicted octanol–water partition coefficient (Wildman–Crippen LogP) is 2.03. The zero-order chi connectivity index (χ0) is 13.9. The molecule has 0 saturated carbocycles. The fraction of sp³-hybridized carbons (Fsp3) is 0.625. The monoisotopic (exact) mass is 276 g/mol. The number of nitrogens with one attached hydrogen (secondary N) is 1. The summed E-state index contributed by atoms with van der Waals surface area (Å²) in [6.45, 7) is 3.37. The van der Waals surface area contributed by atoms with Gasteiger partial charge in [0.05, 0.1) is 14.2 Å². The van der Waals surface area contributed by atoms with E-state index in [9.17, 15) is 0 Å². The molecule has 2 aliphatic heterocycles. The second-order valence-corrected chi connectivity index (χ2v) is 5.70. The van der Waals surface area contributed by atoms with E-state index in [0.29, 0.717) is 6.04 Å².